The number of carbonyl (C=O) groups excluding carboxylic acids is 1. The van der Waals surface area contributed by atoms with Crippen LogP contribution in [0, 0.1) is 10.1 Å². The van der Waals surface area contributed by atoms with Gasteiger partial charge >= 0.3 is 0 Å². The Hall–Kier alpha value is -2.16. The zero-order chi connectivity index (χ0) is 21.8. The highest BCUT2D eigenvalue weighted by molar-refractivity contribution is 5.96. The number of fused-ring (bicyclic) bond motifs is 1. The average Bonchev–Trinajstić information content (AvgIpc) is 3.10. The Balaban J connectivity index is 0. The molecule has 0 atom stereocenters. The third-order valence-corrected chi connectivity index (χ3v) is 3.79. The Morgan fingerprint density at radius 1 is 1.07 bits per heavy atom. The lowest BCUT2D eigenvalue weighted by Gasteiger charge is -2.12. The van der Waals surface area contributed by atoms with Gasteiger partial charge in [0.05, 0.1) is 0 Å². The summed E-state index contributed by atoms with van der Waals surface area (Å²) in [5, 5.41) is 10.6. The van der Waals surface area contributed by atoms with Gasteiger partial charge in [0, 0.05) is 15.7 Å². The molecule has 0 radical (unpaired) electrons. The van der Waals surface area contributed by atoms with Crippen LogP contribution in [0.5, 0.6) is 0 Å². The van der Waals surface area contributed by atoms with Gasteiger partial charge in [-0.15, -0.1) is 0 Å². The molecular formula is C20H36N4O4. The van der Waals surface area contributed by atoms with Crippen LogP contribution in [0.4, 0.5) is 0 Å². The second-order valence-electron chi connectivity index (χ2n) is 6.15. The quantitative estimate of drug-likeness (QED) is 0.583. The monoisotopic (exact) mass is 396 g/mol. The molecule has 2 aromatic rings. The molecule has 160 valence electrons. The third-order valence-electron chi connectivity index (χ3n) is 3.79. The van der Waals surface area contributed by atoms with Crippen LogP contribution in [0.25, 0.3) is 10.8 Å². The SMILES string of the molecule is C=O.CCCCN.C[N+](=O)[O-].NCCCN1CCCC1.O=c1c2ccccc12. The number of hydrogen-bond donors (Lipinski definition) is 2. The van der Waals surface area contributed by atoms with Gasteiger partial charge in [0.2, 0.25) is 0 Å². The van der Waals surface area contributed by atoms with Crippen LogP contribution < -0.4 is 16.9 Å². The number of likely N-dealkylation sites (tertiary alicyclic amines) is 1. The molecule has 0 saturated carbocycles. The molecule has 3 rings (SSSR count). The molecule has 8 nitrogen and oxygen atoms in total. The number of nitrogens with zero attached hydrogens (tertiary/aromatic N) is 2. The molecule has 1 heterocycles. The summed E-state index contributed by atoms with van der Waals surface area (Å²) in [5.74, 6) is 0. The standard InChI is InChI=1S/C7H16N2.C7H4O.C4H11N.CH3NO2.CH2O/c8-4-3-7-9-5-1-2-6-9;8-7-5-3-1-2-4-6(5)7;1-2-3-4-5;1-2(3)4;1-2/h1-8H2;1-4H;2-5H2,1H3;1H3;1H2. The van der Waals surface area contributed by atoms with E-state index in [1.165, 1.54) is 51.7 Å². The fraction of sp³-hybridized carbons (Fsp3) is 0.600. The fourth-order valence-electron chi connectivity index (χ4n) is 2.36. The van der Waals surface area contributed by atoms with Crippen LogP contribution in [0.2, 0.25) is 0 Å². The lowest BCUT2D eigenvalue weighted by Crippen LogP contribution is -2.22. The highest BCUT2D eigenvalue weighted by Crippen LogP contribution is 2.11. The second-order valence-corrected chi connectivity index (χ2v) is 6.15. The molecule has 1 aliphatic heterocycles. The first-order valence-electron chi connectivity index (χ1n) is 9.60. The van der Waals surface area contributed by atoms with E-state index >= 15 is 0 Å². The largest absolute Gasteiger partial charge is 0.330 e. The van der Waals surface area contributed by atoms with Crippen molar-refractivity contribution in [3.05, 3.63) is 44.6 Å². The predicted molar refractivity (Wildman–Crippen MR) is 116 cm³/mol. The molecule has 0 unspecified atom stereocenters. The molecule has 4 N–H and O–H groups in total. The van der Waals surface area contributed by atoms with Gasteiger partial charge in [-0.2, -0.15) is 0 Å². The Morgan fingerprint density at radius 2 is 1.50 bits per heavy atom. The third kappa shape index (κ3) is 16.0. The van der Waals surface area contributed by atoms with Crippen molar-refractivity contribution < 1.29 is 9.72 Å². The Bertz CT molecular complexity index is 584. The van der Waals surface area contributed by atoms with Crippen LogP contribution in [0.1, 0.15) is 39.0 Å². The zero-order valence-corrected chi connectivity index (χ0v) is 17.3. The lowest BCUT2D eigenvalue weighted by atomic mass is 10.3. The van der Waals surface area contributed by atoms with E-state index in [1.54, 1.807) is 0 Å². The van der Waals surface area contributed by atoms with E-state index in [4.69, 9.17) is 26.4 Å². The summed E-state index contributed by atoms with van der Waals surface area (Å²) in [6, 6.07) is 7.45. The predicted octanol–water partition coefficient (Wildman–Crippen LogP) is 1.96. The number of nitro groups is 1. The minimum atomic E-state index is -0.500. The first kappa shape index (κ1) is 28.1. The summed E-state index contributed by atoms with van der Waals surface area (Å²) in [5.41, 5.74) is 10.7. The summed E-state index contributed by atoms with van der Waals surface area (Å²) in [7, 11) is 0.889. The number of rotatable bonds is 5. The average molecular weight is 397 g/mol. The summed E-state index contributed by atoms with van der Waals surface area (Å²) >= 11 is 0. The smallest absolute Gasteiger partial charge is 0.194 e. The van der Waals surface area contributed by atoms with Gasteiger partial charge in [-0.1, -0.05) is 37.6 Å². The highest BCUT2D eigenvalue weighted by atomic mass is 16.6. The van der Waals surface area contributed by atoms with Gasteiger partial charge in [-0.3, -0.25) is 14.9 Å². The maximum absolute atomic E-state index is 10.5. The fourth-order valence-corrected chi connectivity index (χ4v) is 2.36. The molecule has 2 aromatic carbocycles. The van der Waals surface area contributed by atoms with Crippen LogP contribution in [-0.4, -0.2) is 56.4 Å². The zero-order valence-electron chi connectivity index (χ0n) is 17.3. The van der Waals surface area contributed by atoms with Crippen LogP contribution in [0.3, 0.4) is 0 Å². The van der Waals surface area contributed by atoms with Gasteiger partial charge in [0.25, 0.3) is 0 Å². The maximum atomic E-state index is 10.5. The minimum Gasteiger partial charge on any atom is -0.330 e. The summed E-state index contributed by atoms with van der Waals surface area (Å²) in [6.07, 6.45) is 6.34. The van der Waals surface area contributed by atoms with Crippen LogP contribution in [-0.2, 0) is 4.79 Å². The van der Waals surface area contributed by atoms with Crippen molar-refractivity contribution in [1.29, 1.82) is 0 Å². The van der Waals surface area contributed by atoms with Gasteiger partial charge in [-0.05, 0) is 58.4 Å². The number of unbranched alkanes of at least 4 members (excludes halogenated alkanes) is 1. The summed E-state index contributed by atoms with van der Waals surface area (Å²) < 4.78 is 0. The van der Waals surface area contributed by atoms with E-state index in [0.29, 0.717) is 0 Å². The minimum absolute atomic E-state index is 0.218. The molecule has 1 saturated heterocycles. The Kier molecular flexibility index (Phi) is 19.6. The molecule has 0 aromatic heterocycles. The van der Waals surface area contributed by atoms with Crippen LogP contribution >= 0.6 is 0 Å². The van der Waals surface area contributed by atoms with E-state index in [0.717, 1.165) is 30.9 Å². The maximum Gasteiger partial charge on any atom is 0.194 e. The van der Waals surface area contributed by atoms with Crippen molar-refractivity contribution in [2.75, 3.05) is 39.8 Å². The Labute approximate surface area is 167 Å². The number of hydrogen-bond acceptors (Lipinski definition) is 7. The summed E-state index contributed by atoms with van der Waals surface area (Å²) in [6.45, 7) is 9.65. The van der Waals surface area contributed by atoms with Crippen molar-refractivity contribution in [2.45, 2.75) is 39.0 Å². The Morgan fingerprint density at radius 3 is 1.79 bits per heavy atom. The van der Waals surface area contributed by atoms with E-state index in [2.05, 4.69) is 11.8 Å². The molecule has 0 amide bonds. The molecule has 8 heteroatoms. The highest BCUT2D eigenvalue weighted by Gasteiger charge is 2.09. The van der Waals surface area contributed by atoms with E-state index in [9.17, 15) is 4.79 Å². The van der Waals surface area contributed by atoms with Crippen LogP contribution in [0.15, 0.2) is 29.1 Å². The van der Waals surface area contributed by atoms with Crippen molar-refractivity contribution in [1.82, 2.24) is 4.90 Å². The molecule has 0 spiro atoms. The van der Waals surface area contributed by atoms with Crippen molar-refractivity contribution in [3.8, 4) is 0 Å². The second kappa shape index (κ2) is 19.6. The van der Waals surface area contributed by atoms with Gasteiger partial charge in [0.1, 0.15) is 6.79 Å². The normalized spacial score (nSPS) is 12.4. The van der Waals surface area contributed by atoms with E-state index in [1.807, 2.05) is 31.1 Å². The van der Waals surface area contributed by atoms with Gasteiger partial charge < -0.3 is 21.2 Å². The lowest BCUT2D eigenvalue weighted by molar-refractivity contribution is -0.445. The first-order chi connectivity index (χ1) is 13.5. The molecular weight excluding hydrogens is 360 g/mol. The van der Waals surface area contributed by atoms with Gasteiger partial charge in [0.15, 0.2) is 12.5 Å². The number of carbonyl (C=O) groups is 1. The summed E-state index contributed by atoms with van der Waals surface area (Å²) in [4.78, 5) is 29.3. The molecule has 0 bridgehead atoms. The molecule has 1 fully saturated rings. The molecule has 28 heavy (non-hydrogen) atoms. The van der Waals surface area contributed by atoms with Gasteiger partial charge in [-0.25, -0.2) is 0 Å². The molecule has 1 aliphatic rings. The van der Waals surface area contributed by atoms with Crippen molar-refractivity contribution in [3.63, 3.8) is 0 Å². The van der Waals surface area contributed by atoms with Crippen molar-refractivity contribution in [2.24, 2.45) is 11.5 Å². The van der Waals surface area contributed by atoms with Crippen molar-refractivity contribution >= 4 is 17.6 Å². The number of nitrogens with two attached hydrogens (primary N) is 2. The van der Waals surface area contributed by atoms with E-state index in [-0.39, 0.29) is 5.43 Å². The topological polar surface area (TPSA) is 133 Å². The molecule has 0 aliphatic carbocycles. The first-order valence-corrected chi connectivity index (χ1v) is 9.60. The van der Waals surface area contributed by atoms with E-state index < -0.39 is 4.92 Å². The number of benzene rings is 1.